The van der Waals surface area contributed by atoms with E-state index in [4.69, 9.17) is 0 Å². The first-order valence-corrected chi connectivity index (χ1v) is 7.94. The van der Waals surface area contributed by atoms with Crippen LogP contribution < -0.4 is 10.1 Å². The van der Waals surface area contributed by atoms with Gasteiger partial charge >= 0.3 is 6.61 Å². The SMILES string of the molecule is Cc1cccc(C)c1NCC(=O)N(C)Cc1ccc(OC(F)F)cc1. The van der Waals surface area contributed by atoms with Crippen LogP contribution in [0.3, 0.4) is 0 Å². The minimum atomic E-state index is -2.84. The number of hydrogen-bond acceptors (Lipinski definition) is 3. The molecule has 0 spiro atoms. The summed E-state index contributed by atoms with van der Waals surface area (Å²) in [6.07, 6.45) is 0. The third kappa shape index (κ3) is 5.45. The van der Waals surface area contributed by atoms with Gasteiger partial charge in [-0.05, 0) is 42.7 Å². The first kappa shape index (κ1) is 18.7. The molecule has 0 saturated heterocycles. The maximum absolute atomic E-state index is 12.3. The summed E-state index contributed by atoms with van der Waals surface area (Å²) in [6.45, 7) is 1.72. The van der Waals surface area contributed by atoms with E-state index in [1.54, 1.807) is 24.1 Å². The Morgan fingerprint density at radius 3 is 2.28 bits per heavy atom. The number of halogens is 2. The Labute approximate surface area is 146 Å². The van der Waals surface area contributed by atoms with Crippen LogP contribution >= 0.6 is 0 Å². The molecule has 2 aromatic carbocycles. The number of hydrogen-bond donors (Lipinski definition) is 1. The zero-order chi connectivity index (χ0) is 18.4. The van der Waals surface area contributed by atoms with Crippen molar-refractivity contribution in [2.24, 2.45) is 0 Å². The number of nitrogens with one attached hydrogen (secondary N) is 1. The van der Waals surface area contributed by atoms with Gasteiger partial charge in [0.1, 0.15) is 5.75 Å². The fourth-order valence-corrected chi connectivity index (χ4v) is 2.53. The maximum atomic E-state index is 12.3. The van der Waals surface area contributed by atoms with Crippen LogP contribution in [0.2, 0.25) is 0 Å². The van der Waals surface area contributed by atoms with Crippen LogP contribution in [0.15, 0.2) is 42.5 Å². The topological polar surface area (TPSA) is 41.6 Å². The van der Waals surface area contributed by atoms with Gasteiger partial charge < -0.3 is 15.0 Å². The molecule has 0 fully saturated rings. The molecule has 0 aromatic heterocycles. The molecule has 0 saturated carbocycles. The molecule has 25 heavy (non-hydrogen) atoms. The quantitative estimate of drug-likeness (QED) is 0.823. The lowest BCUT2D eigenvalue weighted by molar-refractivity contribution is -0.128. The number of alkyl halides is 2. The van der Waals surface area contributed by atoms with Gasteiger partial charge in [-0.2, -0.15) is 8.78 Å². The molecule has 0 aliphatic heterocycles. The minimum absolute atomic E-state index is 0.0597. The van der Waals surface area contributed by atoms with E-state index in [2.05, 4.69) is 10.1 Å². The zero-order valence-electron chi connectivity index (χ0n) is 14.6. The molecule has 0 heterocycles. The van der Waals surface area contributed by atoms with Gasteiger partial charge in [0.05, 0.1) is 6.54 Å². The number of nitrogens with zero attached hydrogens (tertiary/aromatic N) is 1. The number of carbonyl (C=O) groups is 1. The minimum Gasteiger partial charge on any atom is -0.435 e. The molecule has 0 radical (unpaired) electrons. The van der Waals surface area contributed by atoms with Crippen LogP contribution in [-0.4, -0.2) is 31.0 Å². The van der Waals surface area contributed by atoms with Gasteiger partial charge in [0.15, 0.2) is 0 Å². The molecule has 1 N–H and O–H groups in total. The van der Waals surface area contributed by atoms with Crippen molar-refractivity contribution in [1.29, 1.82) is 0 Å². The average Bonchev–Trinajstić information content (AvgIpc) is 2.55. The second kappa shape index (κ2) is 8.46. The molecule has 6 heteroatoms. The van der Waals surface area contributed by atoms with Crippen LogP contribution in [0.4, 0.5) is 14.5 Å². The fourth-order valence-electron chi connectivity index (χ4n) is 2.53. The summed E-state index contributed by atoms with van der Waals surface area (Å²) in [4.78, 5) is 13.9. The third-order valence-electron chi connectivity index (χ3n) is 3.89. The molecule has 2 aromatic rings. The highest BCUT2D eigenvalue weighted by Crippen LogP contribution is 2.19. The number of likely N-dealkylation sites (N-methyl/N-ethyl adjacent to an activating group) is 1. The summed E-state index contributed by atoms with van der Waals surface area (Å²) in [7, 11) is 1.71. The Bertz CT molecular complexity index is 698. The molecule has 1 amide bonds. The Hall–Kier alpha value is -2.63. The number of carbonyl (C=O) groups excluding carboxylic acids is 1. The van der Waals surface area contributed by atoms with Crippen molar-refractivity contribution in [1.82, 2.24) is 4.90 Å². The van der Waals surface area contributed by atoms with Gasteiger partial charge in [0.25, 0.3) is 0 Å². The van der Waals surface area contributed by atoms with E-state index < -0.39 is 6.61 Å². The molecule has 0 aliphatic rings. The number of rotatable bonds is 7. The fraction of sp³-hybridized carbons (Fsp3) is 0.316. The van der Waals surface area contributed by atoms with Crippen LogP contribution in [0.5, 0.6) is 5.75 Å². The number of ether oxygens (including phenoxy) is 1. The number of aryl methyl sites for hydroxylation is 2. The monoisotopic (exact) mass is 348 g/mol. The lowest BCUT2D eigenvalue weighted by atomic mass is 10.1. The number of benzene rings is 2. The summed E-state index contributed by atoms with van der Waals surface area (Å²) in [6, 6.07) is 12.2. The van der Waals surface area contributed by atoms with Gasteiger partial charge in [0.2, 0.25) is 5.91 Å². The van der Waals surface area contributed by atoms with Gasteiger partial charge in [-0.3, -0.25) is 4.79 Å². The summed E-state index contributed by atoms with van der Waals surface area (Å²) in [5.41, 5.74) is 3.98. The summed E-state index contributed by atoms with van der Waals surface area (Å²) >= 11 is 0. The smallest absolute Gasteiger partial charge is 0.387 e. The van der Waals surface area contributed by atoms with Crippen molar-refractivity contribution in [3.63, 3.8) is 0 Å². The van der Waals surface area contributed by atoms with E-state index in [9.17, 15) is 13.6 Å². The highest BCUT2D eigenvalue weighted by atomic mass is 19.3. The predicted octanol–water partition coefficient (Wildman–Crippen LogP) is 3.98. The largest absolute Gasteiger partial charge is 0.435 e. The normalized spacial score (nSPS) is 10.6. The summed E-state index contributed by atoms with van der Waals surface area (Å²) in [5, 5.41) is 3.18. The van der Waals surface area contributed by atoms with Crippen molar-refractivity contribution in [2.45, 2.75) is 27.0 Å². The Balaban J connectivity index is 1.89. The van der Waals surface area contributed by atoms with Gasteiger partial charge in [-0.1, -0.05) is 30.3 Å². The molecule has 2 rings (SSSR count). The van der Waals surface area contributed by atoms with E-state index >= 15 is 0 Å². The van der Waals surface area contributed by atoms with Crippen LogP contribution in [0, 0.1) is 13.8 Å². The van der Waals surface area contributed by atoms with Crippen molar-refractivity contribution in [2.75, 3.05) is 18.9 Å². The molecule has 4 nitrogen and oxygen atoms in total. The third-order valence-corrected chi connectivity index (χ3v) is 3.89. The van der Waals surface area contributed by atoms with E-state index in [-0.39, 0.29) is 18.2 Å². The summed E-state index contributed by atoms with van der Waals surface area (Å²) < 4.78 is 28.6. The van der Waals surface area contributed by atoms with E-state index in [0.717, 1.165) is 22.4 Å². The Morgan fingerprint density at radius 2 is 1.72 bits per heavy atom. The molecule has 0 unspecified atom stereocenters. The highest BCUT2D eigenvalue weighted by molar-refractivity contribution is 5.81. The molecule has 134 valence electrons. The van der Waals surface area contributed by atoms with Crippen LogP contribution in [-0.2, 0) is 11.3 Å². The lowest BCUT2D eigenvalue weighted by Crippen LogP contribution is -2.32. The predicted molar refractivity (Wildman–Crippen MR) is 94.0 cm³/mol. The van der Waals surface area contributed by atoms with Crippen molar-refractivity contribution >= 4 is 11.6 Å². The van der Waals surface area contributed by atoms with Gasteiger partial charge in [-0.25, -0.2) is 0 Å². The number of para-hydroxylation sites is 1. The second-order valence-corrected chi connectivity index (χ2v) is 5.89. The first-order valence-electron chi connectivity index (χ1n) is 7.94. The Kier molecular flexibility index (Phi) is 6.33. The second-order valence-electron chi connectivity index (χ2n) is 5.89. The first-order chi connectivity index (χ1) is 11.9. The molecular formula is C19H22F2N2O2. The number of amides is 1. The average molecular weight is 348 g/mol. The van der Waals surface area contributed by atoms with Gasteiger partial charge in [0, 0.05) is 19.3 Å². The molecule has 0 bridgehead atoms. The van der Waals surface area contributed by atoms with Crippen molar-refractivity contribution in [3.05, 3.63) is 59.2 Å². The molecule has 0 aliphatic carbocycles. The van der Waals surface area contributed by atoms with Crippen LogP contribution in [0.25, 0.3) is 0 Å². The van der Waals surface area contributed by atoms with Crippen LogP contribution in [0.1, 0.15) is 16.7 Å². The molecule has 0 atom stereocenters. The van der Waals surface area contributed by atoms with Crippen molar-refractivity contribution in [3.8, 4) is 5.75 Å². The van der Waals surface area contributed by atoms with E-state index in [0.29, 0.717) is 6.54 Å². The maximum Gasteiger partial charge on any atom is 0.387 e. The summed E-state index contributed by atoms with van der Waals surface area (Å²) in [5.74, 6) is 0.0417. The zero-order valence-corrected chi connectivity index (χ0v) is 14.6. The lowest BCUT2D eigenvalue weighted by Gasteiger charge is -2.19. The highest BCUT2D eigenvalue weighted by Gasteiger charge is 2.11. The number of anilines is 1. The van der Waals surface area contributed by atoms with E-state index in [1.165, 1.54) is 12.1 Å². The van der Waals surface area contributed by atoms with Crippen molar-refractivity contribution < 1.29 is 18.3 Å². The Morgan fingerprint density at radius 1 is 1.12 bits per heavy atom. The van der Waals surface area contributed by atoms with Gasteiger partial charge in [-0.15, -0.1) is 0 Å². The molecular weight excluding hydrogens is 326 g/mol. The van der Waals surface area contributed by atoms with E-state index in [1.807, 2.05) is 32.0 Å². The standard InChI is InChI=1S/C19H22F2N2O2/c1-13-5-4-6-14(2)18(13)22-11-17(24)23(3)12-15-7-9-16(10-8-15)25-19(20)21/h4-10,19,22H,11-12H2,1-3H3.